The minimum atomic E-state index is -0.447. The summed E-state index contributed by atoms with van der Waals surface area (Å²) in [6.07, 6.45) is 3.29. The van der Waals surface area contributed by atoms with Gasteiger partial charge in [-0.1, -0.05) is 18.2 Å². The first-order valence-corrected chi connectivity index (χ1v) is 7.66. The van der Waals surface area contributed by atoms with Gasteiger partial charge in [0.25, 0.3) is 0 Å². The monoisotopic (exact) mass is 301 g/mol. The van der Waals surface area contributed by atoms with E-state index in [2.05, 4.69) is 10.3 Å². The molecule has 2 N–H and O–H groups in total. The third-order valence-electron chi connectivity index (χ3n) is 4.46. The maximum atomic E-state index is 12.4. The number of nitrogens with one attached hydrogen (secondary N) is 2. The Morgan fingerprint density at radius 1 is 1.18 bits per heavy atom. The van der Waals surface area contributed by atoms with Crippen LogP contribution < -0.4 is 5.32 Å². The summed E-state index contributed by atoms with van der Waals surface area (Å²) in [7, 11) is 0. The predicted octanol–water partition coefficient (Wildman–Crippen LogP) is 2.54. The highest BCUT2D eigenvalue weighted by Gasteiger charge is 2.40. The molecule has 4 rings (SSSR count). The fraction of sp³-hybridized carbons (Fsp3) is 0.438. The van der Waals surface area contributed by atoms with Crippen molar-refractivity contribution >= 4 is 22.6 Å². The van der Waals surface area contributed by atoms with Crippen LogP contribution in [0, 0.1) is 0 Å². The number of hydrogen-bond acceptors (Lipinski definition) is 3. The van der Waals surface area contributed by atoms with E-state index >= 15 is 0 Å². The standard InChI is InChI=1S/C16H19N3O3/c20-15(18-14-11-17-13-4-2-1-3-12(13)14)19-7-5-16(6-8-19)21-9-10-22-16/h1-4,11,17H,5-10H2,(H,18,20). The number of urea groups is 1. The third-order valence-corrected chi connectivity index (χ3v) is 4.46. The van der Waals surface area contributed by atoms with Gasteiger partial charge in [-0.15, -0.1) is 0 Å². The van der Waals surface area contributed by atoms with E-state index in [-0.39, 0.29) is 6.03 Å². The van der Waals surface area contributed by atoms with Gasteiger partial charge in [0, 0.05) is 43.0 Å². The van der Waals surface area contributed by atoms with Crippen LogP contribution in [-0.4, -0.2) is 48.0 Å². The molecule has 0 atom stereocenters. The third kappa shape index (κ3) is 2.34. The lowest BCUT2D eigenvalue weighted by molar-refractivity contribution is -0.181. The van der Waals surface area contributed by atoms with Crippen LogP contribution in [0.15, 0.2) is 30.5 Å². The Balaban J connectivity index is 1.42. The zero-order valence-corrected chi connectivity index (χ0v) is 12.3. The zero-order valence-electron chi connectivity index (χ0n) is 12.3. The zero-order chi connectivity index (χ0) is 15.0. The highest BCUT2D eigenvalue weighted by molar-refractivity contribution is 6.00. The van der Waals surface area contributed by atoms with Crippen molar-refractivity contribution in [3.8, 4) is 0 Å². The van der Waals surface area contributed by atoms with Crippen molar-refractivity contribution in [2.45, 2.75) is 18.6 Å². The molecular weight excluding hydrogens is 282 g/mol. The van der Waals surface area contributed by atoms with Crippen molar-refractivity contribution in [2.75, 3.05) is 31.6 Å². The SMILES string of the molecule is O=C(Nc1c[nH]c2ccccc12)N1CCC2(CC1)OCCO2. The number of amides is 2. The van der Waals surface area contributed by atoms with Crippen molar-refractivity contribution in [2.24, 2.45) is 0 Å². The molecule has 116 valence electrons. The van der Waals surface area contributed by atoms with E-state index in [1.807, 2.05) is 35.4 Å². The number of H-pyrrole nitrogens is 1. The molecule has 2 fully saturated rings. The maximum Gasteiger partial charge on any atom is 0.321 e. The Bertz CT molecular complexity index is 681. The van der Waals surface area contributed by atoms with E-state index in [0.717, 1.165) is 29.4 Å². The maximum absolute atomic E-state index is 12.4. The number of aromatic nitrogens is 1. The molecule has 1 aromatic heterocycles. The molecule has 3 heterocycles. The summed E-state index contributed by atoms with van der Waals surface area (Å²) < 4.78 is 11.4. The van der Waals surface area contributed by atoms with Gasteiger partial charge in [-0.05, 0) is 6.07 Å². The number of aromatic amines is 1. The second-order valence-corrected chi connectivity index (χ2v) is 5.77. The largest absolute Gasteiger partial charge is 0.359 e. The average Bonchev–Trinajstić information content (AvgIpc) is 3.16. The summed E-state index contributed by atoms with van der Waals surface area (Å²) in [5.74, 6) is -0.447. The molecular formula is C16H19N3O3. The number of carbonyl (C=O) groups is 1. The van der Waals surface area contributed by atoms with E-state index in [9.17, 15) is 4.79 Å². The second-order valence-electron chi connectivity index (χ2n) is 5.77. The van der Waals surface area contributed by atoms with Crippen molar-refractivity contribution < 1.29 is 14.3 Å². The van der Waals surface area contributed by atoms with Crippen LogP contribution in [0.2, 0.25) is 0 Å². The van der Waals surface area contributed by atoms with Gasteiger partial charge in [0.15, 0.2) is 5.79 Å². The number of anilines is 1. The van der Waals surface area contributed by atoms with E-state index < -0.39 is 5.79 Å². The number of carbonyl (C=O) groups excluding carboxylic acids is 1. The summed E-state index contributed by atoms with van der Waals surface area (Å²) in [5, 5.41) is 4.01. The van der Waals surface area contributed by atoms with Crippen molar-refractivity contribution in [1.29, 1.82) is 0 Å². The smallest absolute Gasteiger partial charge is 0.321 e. The molecule has 0 bridgehead atoms. The van der Waals surface area contributed by atoms with E-state index in [1.54, 1.807) is 0 Å². The van der Waals surface area contributed by atoms with Crippen molar-refractivity contribution in [1.82, 2.24) is 9.88 Å². The number of benzene rings is 1. The molecule has 0 unspecified atom stereocenters. The lowest BCUT2D eigenvalue weighted by Gasteiger charge is -2.37. The topological polar surface area (TPSA) is 66.6 Å². The summed E-state index contributed by atoms with van der Waals surface area (Å²) in [6, 6.07) is 7.84. The molecule has 6 heteroatoms. The Kier molecular flexibility index (Phi) is 3.28. The number of nitrogens with zero attached hydrogens (tertiary/aromatic N) is 1. The second kappa shape index (κ2) is 5.30. The minimum Gasteiger partial charge on any atom is -0.359 e. The quantitative estimate of drug-likeness (QED) is 0.850. The Labute approximate surface area is 128 Å². The summed E-state index contributed by atoms with van der Waals surface area (Å²) in [6.45, 7) is 2.60. The predicted molar refractivity (Wildman–Crippen MR) is 82.8 cm³/mol. The van der Waals surface area contributed by atoms with Gasteiger partial charge >= 0.3 is 6.03 Å². The van der Waals surface area contributed by atoms with Crippen molar-refractivity contribution in [3.05, 3.63) is 30.5 Å². The molecule has 1 aromatic carbocycles. The van der Waals surface area contributed by atoms with Gasteiger partial charge in [0.1, 0.15) is 0 Å². The van der Waals surface area contributed by atoms with Crippen LogP contribution in [0.3, 0.4) is 0 Å². The Morgan fingerprint density at radius 3 is 2.68 bits per heavy atom. The molecule has 2 aliphatic heterocycles. The fourth-order valence-corrected chi connectivity index (χ4v) is 3.21. The van der Waals surface area contributed by atoms with Crippen LogP contribution >= 0.6 is 0 Å². The van der Waals surface area contributed by atoms with Crippen molar-refractivity contribution in [3.63, 3.8) is 0 Å². The lowest BCUT2D eigenvalue weighted by atomic mass is 10.0. The summed E-state index contributed by atoms with van der Waals surface area (Å²) in [5.41, 5.74) is 1.83. The first-order valence-electron chi connectivity index (χ1n) is 7.66. The Hall–Kier alpha value is -2.05. The summed E-state index contributed by atoms with van der Waals surface area (Å²) in [4.78, 5) is 17.4. The number of piperidine rings is 1. The molecule has 0 aliphatic carbocycles. The molecule has 0 radical (unpaired) electrons. The average molecular weight is 301 g/mol. The molecule has 1 spiro atoms. The first-order chi connectivity index (χ1) is 10.8. The van der Waals surface area contributed by atoms with Gasteiger partial charge in [-0.2, -0.15) is 0 Å². The number of ether oxygens (including phenoxy) is 2. The van der Waals surface area contributed by atoms with Crippen LogP contribution in [-0.2, 0) is 9.47 Å². The number of likely N-dealkylation sites (tertiary alicyclic amines) is 1. The highest BCUT2D eigenvalue weighted by Crippen LogP contribution is 2.31. The molecule has 2 aromatic rings. The van der Waals surface area contributed by atoms with Crippen LogP contribution in [0.4, 0.5) is 10.5 Å². The van der Waals surface area contributed by atoms with Gasteiger partial charge in [-0.3, -0.25) is 0 Å². The molecule has 2 aliphatic rings. The van der Waals surface area contributed by atoms with E-state index in [1.165, 1.54) is 0 Å². The van der Waals surface area contributed by atoms with Gasteiger partial charge < -0.3 is 24.7 Å². The molecule has 2 saturated heterocycles. The molecule has 22 heavy (non-hydrogen) atoms. The normalized spacial score (nSPS) is 20.6. The van der Waals surface area contributed by atoms with Crippen LogP contribution in [0.5, 0.6) is 0 Å². The number of fused-ring (bicyclic) bond motifs is 1. The Morgan fingerprint density at radius 2 is 1.91 bits per heavy atom. The summed E-state index contributed by atoms with van der Waals surface area (Å²) >= 11 is 0. The molecule has 0 saturated carbocycles. The fourth-order valence-electron chi connectivity index (χ4n) is 3.21. The lowest BCUT2D eigenvalue weighted by Crippen LogP contribution is -2.48. The van der Waals surface area contributed by atoms with Gasteiger partial charge in [0.2, 0.25) is 0 Å². The molecule has 2 amide bonds. The van der Waals surface area contributed by atoms with Crippen LogP contribution in [0.25, 0.3) is 10.9 Å². The number of para-hydroxylation sites is 1. The minimum absolute atomic E-state index is 0.0717. The van der Waals surface area contributed by atoms with E-state index in [0.29, 0.717) is 26.3 Å². The number of rotatable bonds is 1. The van der Waals surface area contributed by atoms with Gasteiger partial charge in [0.05, 0.1) is 18.9 Å². The molecule has 6 nitrogen and oxygen atoms in total. The van der Waals surface area contributed by atoms with E-state index in [4.69, 9.17) is 9.47 Å². The first kappa shape index (κ1) is 13.6. The highest BCUT2D eigenvalue weighted by atomic mass is 16.7. The number of hydrogen-bond donors (Lipinski definition) is 2. The van der Waals surface area contributed by atoms with Crippen LogP contribution in [0.1, 0.15) is 12.8 Å². The van der Waals surface area contributed by atoms with Gasteiger partial charge in [-0.25, -0.2) is 4.79 Å².